The van der Waals surface area contributed by atoms with Crippen molar-refractivity contribution >= 4 is 18.4 Å². The second-order valence-electron chi connectivity index (χ2n) is 5.60. The Hall–Kier alpha value is -0.360. The first-order valence-electron chi connectivity index (χ1n) is 6.45. The van der Waals surface area contributed by atoms with Gasteiger partial charge in [-0.15, -0.1) is 12.4 Å². The summed E-state index contributed by atoms with van der Waals surface area (Å²) in [4.78, 5) is 13.7. The molecule has 0 aromatic carbocycles. The highest BCUT2D eigenvalue weighted by molar-refractivity contribution is 5.85. The number of hydrogen-bond acceptors (Lipinski definition) is 5. The van der Waals surface area contributed by atoms with Gasteiger partial charge in [-0.2, -0.15) is 0 Å². The highest BCUT2D eigenvalue weighted by atomic mass is 35.5. The molecule has 0 aliphatic carbocycles. The van der Waals surface area contributed by atoms with Crippen LogP contribution in [0.2, 0.25) is 0 Å². The Morgan fingerprint density at radius 2 is 2.00 bits per heavy atom. The van der Waals surface area contributed by atoms with Crippen molar-refractivity contribution in [2.45, 2.75) is 38.9 Å². The van der Waals surface area contributed by atoms with Crippen molar-refractivity contribution in [1.29, 1.82) is 0 Å². The third kappa shape index (κ3) is 8.42. The Bertz CT molecular complexity index is 268. The molecule has 1 aliphatic heterocycles. The summed E-state index contributed by atoms with van der Waals surface area (Å²) in [5.74, 6) is -0.167. The number of nitrogens with zero attached hydrogens (tertiary/aromatic N) is 1. The molecule has 0 aromatic heterocycles. The Morgan fingerprint density at radius 1 is 1.32 bits per heavy atom. The summed E-state index contributed by atoms with van der Waals surface area (Å²) in [6, 6.07) is 0. The summed E-state index contributed by atoms with van der Waals surface area (Å²) in [7, 11) is 1.66. The van der Waals surface area contributed by atoms with Gasteiger partial charge in [0.15, 0.2) is 0 Å². The molecule has 1 heterocycles. The summed E-state index contributed by atoms with van der Waals surface area (Å²) < 4.78 is 15.9. The first-order chi connectivity index (χ1) is 8.40. The largest absolute Gasteiger partial charge is 0.459 e. The molecule has 19 heavy (non-hydrogen) atoms. The van der Waals surface area contributed by atoms with Gasteiger partial charge in [-0.25, -0.2) is 0 Å². The van der Waals surface area contributed by atoms with Crippen LogP contribution in [0, 0.1) is 0 Å². The number of likely N-dealkylation sites (tertiary alicyclic amines) is 1. The zero-order valence-corrected chi connectivity index (χ0v) is 13.1. The monoisotopic (exact) mass is 295 g/mol. The number of ether oxygens (including phenoxy) is 3. The first kappa shape index (κ1) is 18.6. The van der Waals surface area contributed by atoms with E-state index in [1.807, 2.05) is 20.8 Å². The van der Waals surface area contributed by atoms with Gasteiger partial charge in [0.25, 0.3) is 0 Å². The molecule has 0 aromatic rings. The number of esters is 1. The molecule has 6 heteroatoms. The van der Waals surface area contributed by atoms with Crippen molar-refractivity contribution in [3.63, 3.8) is 0 Å². The van der Waals surface area contributed by atoms with Crippen LogP contribution in [-0.2, 0) is 19.0 Å². The number of halogens is 1. The van der Waals surface area contributed by atoms with Gasteiger partial charge >= 0.3 is 5.97 Å². The van der Waals surface area contributed by atoms with Crippen LogP contribution in [-0.4, -0.2) is 62.5 Å². The molecule has 5 nitrogen and oxygen atoms in total. The van der Waals surface area contributed by atoms with Crippen LogP contribution in [0.1, 0.15) is 27.2 Å². The van der Waals surface area contributed by atoms with Crippen LogP contribution in [0.15, 0.2) is 0 Å². The normalized spacial score (nSPS) is 20.1. The quantitative estimate of drug-likeness (QED) is 0.549. The molecule has 0 radical (unpaired) electrons. The van der Waals surface area contributed by atoms with Crippen LogP contribution in [0.5, 0.6) is 0 Å². The summed E-state index contributed by atoms with van der Waals surface area (Å²) in [6.45, 7) is 8.90. The van der Waals surface area contributed by atoms with E-state index in [2.05, 4.69) is 4.90 Å². The van der Waals surface area contributed by atoms with Crippen molar-refractivity contribution < 1.29 is 19.0 Å². The van der Waals surface area contributed by atoms with Crippen LogP contribution >= 0.6 is 12.4 Å². The smallest absolute Gasteiger partial charge is 0.320 e. The molecular formula is C13H26ClNO4. The zero-order chi connectivity index (χ0) is 13.6. The Balaban J connectivity index is 0.00000324. The Morgan fingerprint density at radius 3 is 2.58 bits per heavy atom. The van der Waals surface area contributed by atoms with Crippen LogP contribution < -0.4 is 0 Å². The van der Waals surface area contributed by atoms with Gasteiger partial charge in [-0.1, -0.05) is 0 Å². The third-order valence-corrected chi connectivity index (χ3v) is 2.64. The van der Waals surface area contributed by atoms with Crippen molar-refractivity contribution in [3.8, 4) is 0 Å². The van der Waals surface area contributed by atoms with E-state index in [-0.39, 0.29) is 24.5 Å². The van der Waals surface area contributed by atoms with E-state index in [0.29, 0.717) is 19.8 Å². The first-order valence-corrected chi connectivity index (χ1v) is 6.45. The number of hydrogen-bond donors (Lipinski definition) is 0. The van der Waals surface area contributed by atoms with Gasteiger partial charge < -0.3 is 14.2 Å². The van der Waals surface area contributed by atoms with E-state index in [0.717, 1.165) is 19.5 Å². The zero-order valence-electron chi connectivity index (χ0n) is 12.3. The van der Waals surface area contributed by atoms with Crippen molar-refractivity contribution in [2.75, 3.05) is 40.0 Å². The van der Waals surface area contributed by atoms with E-state index >= 15 is 0 Å². The van der Waals surface area contributed by atoms with Crippen molar-refractivity contribution in [3.05, 3.63) is 0 Å². The lowest BCUT2D eigenvalue weighted by atomic mass is 10.2. The van der Waals surface area contributed by atoms with Gasteiger partial charge in [-0.05, 0) is 27.2 Å². The average molecular weight is 296 g/mol. The van der Waals surface area contributed by atoms with Crippen LogP contribution in [0.25, 0.3) is 0 Å². The molecule has 1 saturated heterocycles. The lowest BCUT2D eigenvalue weighted by molar-refractivity contribution is -0.155. The van der Waals surface area contributed by atoms with Crippen molar-refractivity contribution in [1.82, 2.24) is 4.90 Å². The molecule has 0 spiro atoms. The van der Waals surface area contributed by atoms with E-state index in [1.165, 1.54) is 0 Å². The highest BCUT2D eigenvalue weighted by Gasteiger charge is 2.26. The fraction of sp³-hybridized carbons (Fsp3) is 0.923. The van der Waals surface area contributed by atoms with E-state index in [1.54, 1.807) is 7.11 Å². The molecule has 0 saturated carbocycles. The second kappa shape index (κ2) is 8.74. The number of carbonyl (C=O) groups is 1. The number of rotatable bonds is 6. The minimum absolute atomic E-state index is 0. The lowest BCUT2D eigenvalue weighted by Crippen LogP contribution is -2.34. The fourth-order valence-corrected chi connectivity index (χ4v) is 1.93. The maximum Gasteiger partial charge on any atom is 0.320 e. The Labute approximate surface area is 122 Å². The molecule has 0 unspecified atom stereocenters. The number of methoxy groups -OCH3 is 1. The minimum atomic E-state index is -0.412. The van der Waals surface area contributed by atoms with E-state index in [4.69, 9.17) is 14.2 Å². The molecule has 114 valence electrons. The molecule has 0 amide bonds. The van der Waals surface area contributed by atoms with Gasteiger partial charge in [-0.3, -0.25) is 9.69 Å². The standard InChI is InChI=1S/C13H25NO4.ClH/c1-13(2,3)18-12(15)10-14-6-5-11(9-14)17-8-7-16-4;/h11H,5-10H2,1-4H3;1H/t11-;/m0./s1. The molecule has 1 rings (SSSR count). The molecule has 1 aliphatic rings. The second-order valence-corrected chi connectivity index (χ2v) is 5.60. The Kier molecular flexibility index (Phi) is 8.57. The maximum atomic E-state index is 11.7. The van der Waals surface area contributed by atoms with Crippen molar-refractivity contribution in [2.24, 2.45) is 0 Å². The summed E-state index contributed by atoms with van der Waals surface area (Å²) in [5.41, 5.74) is -0.412. The predicted molar refractivity (Wildman–Crippen MR) is 75.8 cm³/mol. The molecule has 1 fully saturated rings. The predicted octanol–water partition coefficient (Wildman–Crippen LogP) is 1.49. The SMILES string of the molecule is COCCO[C@H]1CCN(CC(=O)OC(C)(C)C)C1.Cl. The fourth-order valence-electron chi connectivity index (χ4n) is 1.93. The maximum absolute atomic E-state index is 11.7. The highest BCUT2D eigenvalue weighted by Crippen LogP contribution is 2.14. The van der Waals surface area contributed by atoms with Crippen LogP contribution in [0.4, 0.5) is 0 Å². The summed E-state index contributed by atoms with van der Waals surface area (Å²) in [6.07, 6.45) is 1.18. The summed E-state index contributed by atoms with van der Waals surface area (Å²) in [5, 5.41) is 0. The van der Waals surface area contributed by atoms with Gasteiger partial charge in [0.1, 0.15) is 5.60 Å². The third-order valence-electron chi connectivity index (χ3n) is 2.64. The van der Waals surface area contributed by atoms with Gasteiger partial charge in [0.05, 0.1) is 25.9 Å². The molecule has 0 bridgehead atoms. The summed E-state index contributed by atoms with van der Waals surface area (Å²) >= 11 is 0. The lowest BCUT2D eigenvalue weighted by Gasteiger charge is -2.22. The molecule has 1 atom stereocenters. The average Bonchev–Trinajstić information content (AvgIpc) is 2.63. The van der Waals surface area contributed by atoms with Gasteiger partial charge in [0.2, 0.25) is 0 Å². The topological polar surface area (TPSA) is 48.0 Å². The van der Waals surface area contributed by atoms with E-state index < -0.39 is 5.60 Å². The number of carbonyl (C=O) groups excluding carboxylic acids is 1. The van der Waals surface area contributed by atoms with Crippen LogP contribution in [0.3, 0.4) is 0 Å². The minimum Gasteiger partial charge on any atom is -0.459 e. The van der Waals surface area contributed by atoms with E-state index in [9.17, 15) is 4.79 Å². The molecular weight excluding hydrogens is 270 g/mol. The molecule has 0 N–H and O–H groups in total. The van der Waals surface area contributed by atoms with Gasteiger partial charge in [0, 0.05) is 20.2 Å².